The standard InChI is InChI=1S/C18H30N4O2/c1-13(2)14(3)21-18(19-4)20-11-15-8-7-9-16(10-15)24-12-17(23)22(5)6/h7-10,13-14H,11-12H2,1-6H3,(H2,19,20,21). The van der Waals surface area contributed by atoms with Crippen molar-refractivity contribution in [1.29, 1.82) is 0 Å². The molecule has 0 aromatic heterocycles. The van der Waals surface area contributed by atoms with Gasteiger partial charge < -0.3 is 20.3 Å². The summed E-state index contributed by atoms with van der Waals surface area (Å²) >= 11 is 0. The minimum absolute atomic E-state index is 0.0407. The normalized spacial score (nSPS) is 12.7. The minimum Gasteiger partial charge on any atom is -0.484 e. The van der Waals surface area contributed by atoms with Crippen molar-refractivity contribution >= 4 is 11.9 Å². The van der Waals surface area contributed by atoms with Crippen LogP contribution in [0.2, 0.25) is 0 Å². The van der Waals surface area contributed by atoms with E-state index in [1.807, 2.05) is 24.3 Å². The molecule has 134 valence electrons. The zero-order valence-corrected chi connectivity index (χ0v) is 15.6. The Bertz CT molecular complexity index is 556. The smallest absolute Gasteiger partial charge is 0.259 e. The summed E-state index contributed by atoms with van der Waals surface area (Å²) in [6.45, 7) is 7.14. The van der Waals surface area contributed by atoms with Crippen molar-refractivity contribution in [3.05, 3.63) is 29.8 Å². The Morgan fingerprint density at radius 1 is 1.29 bits per heavy atom. The number of carbonyl (C=O) groups is 1. The van der Waals surface area contributed by atoms with Crippen LogP contribution >= 0.6 is 0 Å². The number of hydrogen-bond acceptors (Lipinski definition) is 3. The van der Waals surface area contributed by atoms with Gasteiger partial charge in [0.15, 0.2) is 12.6 Å². The monoisotopic (exact) mass is 334 g/mol. The van der Waals surface area contributed by atoms with Crippen molar-refractivity contribution in [2.24, 2.45) is 10.9 Å². The summed E-state index contributed by atoms with van der Waals surface area (Å²) in [5, 5.41) is 6.65. The van der Waals surface area contributed by atoms with Gasteiger partial charge in [0, 0.05) is 33.7 Å². The summed E-state index contributed by atoms with van der Waals surface area (Å²) in [5.41, 5.74) is 1.06. The van der Waals surface area contributed by atoms with E-state index < -0.39 is 0 Å². The number of ether oxygens (including phenoxy) is 1. The third-order valence-corrected chi connectivity index (χ3v) is 3.81. The van der Waals surface area contributed by atoms with E-state index in [2.05, 4.69) is 36.4 Å². The van der Waals surface area contributed by atoms with Crippen LogP contribution in [0.1, 0.15) is 26.3 Å². The Labute approximate surface area is 145 Å². The molecule has 1 rings (SSSR count). The van der Waals surface area contributed by atoms with Gasteiger partial charge in [0.25, 0.3) is 5.91 Å². The lowest BCUT2D eigenvalue weighted by Gasteiger charge is -2.20. The van der Waals surface area contributed by atoms with Crippen LogP contribution in [0, 0.1) is 5.92 Å². The largest absolute Gasteiger partial charge is 0.484 e. The summed E-state index contributed by atoms with van der Waals surface area (Å²) in [5.74, 6) is 1.91. The van der Waals surface area contributed by atoms with Crippen molar-refractivity contribution in [3.8, 4) is 5.75 Å². The third-order valence-electron chi connectivity index (χ3n) is 3.81. The fourth-order valence-electron chi connectivity index (χ4n) is 1.78. The maximum Gasteiger partial charge on any atom is 0.259 e. The third kappa shape index (κ3) is 6.89. The molecule has 1 atom stereocenters. The molecule has 0 saturated heterocycles. The minimum atomic E-state index is -0.0641. The fraction of sp³-hybridized carbons (Fsp3) is 0.556. The second-order valence-corrected chi connectivity index (χ2v) is 6.33. The highest BCUT2D eigenvalue weighted by atomic mass is 16.5. The van der Waals surface area contributed by atoms with E-state index in [1.165, 1.54) is 4.90 Å². The first-order chi connectivity index (χ1) is 11.3. The average Bonchev–Trinajstić information content (AvgIpc) is 2.56. The molecule has 6 heteroatoms. The van der Waals surface area contributed by atoms with Gasteiger partial charge in [0.05, 0.1) is 0 Å². The highest BCUT2D eigenvalue weighted by molar-refractivity contribution is 5.80. The van der Waals surface area contributed by atoms with Crippen molar-refractivity contribution < 1.29 is 9.53 Å². The van der Waals surface area contributed by atoms with Crippen LogP contribution in [-0.4, -0.2) is 50.6 Å². The predicted molar refractivity (Wildman–Crippen MR) is 98.3 cm³/mol. The summed E-state index contributed by atoms with van der Waals surface area (Å²) in [7, 11) is 5.18. The molecule has 0 fully saturated rings. The summed E-state index contributed by atoms with van der Waals surface area (Å²) in [6, 6.07) is 8.03. The molecule has 1 aromatic rings. The Morgan fingerprint density at radius 2 is 2.00 bits per heavy atom. The number of rotatable bonds is 7. The van der Waals surface area contributed by atoms with E-state index in [0.29, 0.717) is 24.3 Å². The first-order valence-corrected chi connectivity index (χ1v) is 8.22. The first kappa shape index (κ1) is 19.8. The number of benzene rings is 1. The average molecular weight is 334 g/mol. The SMILES string of the molecule is CN=C(NCc1cccc(OCC(=O)N(C)C)c1)NC(C)C(C)C. The maximum absolute atomic E-state index is 11.6. The molecule has 0 bridgehead atoms. The van der Waals surface area contributed by atoms with E-state index >= 15 is 0 Å². The van der Waals surface area contributed by atoms with Crippen LogP contribution in [0.25, 0.3) is 0 Å². The van der Waals surface area contributed by atoms with Crippen LogP contribution in [0.5, 0.6) is 5.75 Å². The van der Waals surface area contributed by atoms with Gasteiger partial charge in [-0.3, -0.25) is 9.79 Å². The molecule has 0 heterocycles. The molecule has 1 amide bonds. The molecule has 6 nitrogen and oxygen atoms in total. The topological polar surface area (TPSA) is 66.0 Å². The number of likely N-dealkylation sites (N-methyl/N-ethyl adjacent to an activating group) is 1. The molecule has 1 unspecified atom stereocenters. The van der Waals surface area contributed by atoms with Crippen molar-refractivity contribution in [2.75, 3.05) is 27.7 Å². The fourth-order valence-corrected chi connectivity index (χ4v) is 1.78. The maximum atomic E-state index is 11.6. The number of amides is 1. The van der Waals surface area contributed by atoms with Crippen molar-refractivity contribution in [2.45, 2.75) is 33.4 Å². The molecule has 0 radical (unpaired) electrons. The highest BCUT2D eigenvalue weighted by Gasteiger charge is 2.09. The zero-order valence-electron chi connectivity index (χ0n) is 15.6. The van der Waals surface area contributed by atoms with Crippen LogP contribution in [0.15, 0.2) is 29.3 Å². The van der Waals surface area contributed by atoms with E-state index in [0.717, 1.165) is 11.5 Å². The molecule has 0 aliphatic rings. The van der Waals surface area contributed by atoms with Crippen molar-refractivity contribution in [1.82, 2.24) is 15.5 Å². The molecule has 0 spiro atoms. The molecule has 0 saturated carbocycles. The van der Waals surface area contributed by atoms with Crippen LogP contribution in [-0.2, 0) is 11.3 Å². The van der Waals surface area contributed by atoms with Gasteiger partial charge in [0.2, 0.25) is 0 Å². The van der Waals surface area contributed by atoms with Crippen LogP contribution < -0.4 is 15.4 Å². The second kappa shape index (κ2) is 9.80. The first-order valence-electron chi connectivity index (χ1n) is 8.22. The Hall–Kier alpha value is -2.24. The van der Waals surface area contributed by atoms with E-state index in [1.54, 1.807) is 21.1 Å². The molecular weight excluding hydrogens is 304 g/mol. The zero-order chi connectivity index (χ0) is 18.1. The second-order valence-electron chi connectivity index (χ2n) is 6.33. The molecule has 0 aliphatic heterocycles. The van der Waals surface area contributed by atoms with Gasteiger partial charge in [-0.2, -0.15) is 0 Å². The number of nitrogens with one attached hydrogen (secondary N) is 2. The van der Waals surface area contributed by atoms with Gasteiger partial charge in [-0.1, -0.05) is 26.0 Å². The van der Waals surface area contributed by atoms with E-state index in [-0.39, 0.29) is 12.5 Å². The Balaban J connectivity index is 2.56. The van der Waals surface area contributed by atoms with Gasteiger partial charge in [0.1, 0.15) is 5.75 Å². The quantitative estimate of drug-likeness (QED) is 0.590. The summed E-state index contributed by atoms with van der Waals surface area (Å²) in [6.07, 6.45) is 0. The van der Waals surface area contributed by atoms with Crippen LogP contribution in [0.4, 0.5) is 0 Å². The Morgan fingerprint density at radius 3 is 2.58 bits per heavy atom. The Kier molecular flexibility index (Phi) is 8.09. The molecular formula is C18H30N4O2. The van der Waals surface area contributed by atoms with Gasteiger partial charge in [-0.15, -0.1) is 0 Å². The van der Waals surface area contributed by atoms with Crippen molar-refractivity contribution in [3.63, 3.8) is 0 Å². The van der Waals surface area contributed by atoms with Gasteiger partial charge in [-0.05, 0) is 30.5 Å². The van der Waals surface area contributed by atoms with E-state index in [9.17, 15) is 4.79 Å². The lowest BCUT2D eigenvalue weighted by molar-refractivity contribution is -0.130. The summed E-state index contributed by atoms with van der Waals surface area (Å²) in [4.78, 5) is 17.3. The number of nitrogens with zero attached hydrogens (tertiary/aromatic N) is 2. The van der Waals surface area contributed by atoms with Crippen LogP contribution in [0.3, 0.4) is 0 Å². The molecule has 2 N–H and O–H groups in total. The lowest BCUT2D eigenvalue weighted by atomic mass is 10.1. The number of carbonyl (C=O) groups excluding carboxylic acids is 1. The lowest BCUT2D eigenvalue weighted by Crippen LogP contribution is -2.43. The van der Waals surface area contributed by atoms with Gasteiger partial charge in [-0.25, -0.2) is 0 Å². The predicted octanol–water partition coefficient (Wildman–Crippen LogP) is 1.86. The summed E-state index contributed by atoms with van der Waals surface area (Å²) < 4.78 is 5.53. The number of guanidine groups is 1. The number of aliphatic imine (C=N–C) groups is 1. The van der Waals surface area contributed by atoms with Gasteiger partial charge >= 0.3 is 0 Å². The van der Waals surface area contributed by atoms with E-state index in [4.69, 9.17) is 4.74 Å². The number of hydrogen-bond donors (Lipinski definition) is 2. The highest BCUT2D eigenvalue weighted by Crippen LogP contribution is 2.13. The molecule has 1 aromatic carbocycles. The molecule has 0 aliphatic carbocycles. The molecule has 24 heavy (non-hydrogen) atoms.